The third-order valence-electron chi connectivity index (χ3n) is 3.53. The minimum atomic E-state index is -0.0887. The molecule has 1 heterocycles. The quantitative estimate of drug-likeness (QED) is 0.910. The van der Waals surface area contributed by atoms with Gasteiger partial charge in [-0.25, -0.2) is 4.39 Å². The van der Waals surface area contributed by atoms with E-state index in [-0.39, 0.29) is 11.9 Å². The lowest BCUT2D eigenvalue weighted by molar-refractivity contribution is 0.577. The molecule has 4 heteroatoms. The fraction of sp³-hybridized carbons (Fsp3) is 0.600. The Hall–Kier alpha value is -0.740. The summed E-state index contributed by atoms with van der Waals surface area (Å²) in [6.07, 6.45) is 1.13. The standard InChI is InChI=1S/C15H23FN2S/c1-3-17-12(2)13-6-4-7-14(16)15(13)18-8-5-10-19-11-9-18/h4,6-7,12,17H,3,5,8-11H2,1-2H3. The lowest BCUT2D eigenvalue weighted by Gasteiger charge is -2.28. The summed E-state index contributed by atoms with van der Waals surface area (Å²) < 4.78 is 14.3. The molecule has 1 aromatic rings. The minimum absolute atomic E-state index is 0.0887. The average Bonchev–Trinajstić information content (AvgIpc) is 2.67. The molecular formula is C15H23FN2S. The molecule has 1 N–H and O–H groups in total. The van der Waals surface area contributed by atoms with Gasteiger partial charge in [-0.05, 0) is 37.3 Å². The maximum atomic E-state index is 14.3. The monoisotopic (exact) mass is 282 g/mol. The lowest BCUT2D eigenvalue weighted by Crippen LogP contribution is -2.29. The number of rotatable bonds is 4. The van der Waals surface area contributed by atoms with Gasteiger partial charge in [0.05, 0.1) is 5.69 Å². The Balaban J connectivity index is 2.30. The van der Waals surface area contributed by atoms with E-state index >= 15 is 0 Å². The zero-order valence-electron chi connectivity index (χ0n) is 11.8. The van der Waals surface area contributed by atoms with Gasteiger partial charge in [0.2, 0.25) is 0 Å². The Bertz CT molecular complexity index is 403. The maximum Gasteiger partial charge on any atom is 0.146 e. The second-order valence-electron chi connectivity index (χ2n) is 4.91. The van der Waals surface area contributed by atoms with E-state index in [9.17, 15) is 4.39 Å². The number of thioether (sulfide) groups is 1. The second-order valence-corrected chi connectivity index (χ2v) is 6.13. The highest BCUT2D eigenvalue weighted by Crippen LogP contribution is 2.30. The number of hydrogen-bond donors (Lipinski definition) is 1. The Kier molecular flexibility index (Phi) is 5.52. The average molecular weight is 282 g/mol. The van der Waals surface area contributed by atoms with Crippen molar-refractivity contribution < 1.29 is 4.39 Å². The van der Waals surface area contributed by atoms with Gasteiger partial charge >= 0.3 is 0 Å². The zero-order valence-corrected chi connectivity index (χ0v) is 12.6. The molecule has 1 atom stereocenters. The number of nitrogens with zero attached hydrogens (tertiary/aromatic N) is 1. The van der Waals surface area contributed by atoms with Gasteiger partial charge in [0.25, 0.3) is 0 Å². The van der Waals surface area contributed by atoms with Crippen molar-refractivity contribution in [1.82, 2.24) is 5.32 Å². The molecule has 2 rings (SSSR count). The van der Waals surface area contributed by atoms with Gasteiger partial charge in [0.1, 0.15) is 5.82 Å². The van der Waals surface area contributed by atoms with Crippen molar-refractivity contribution >= 4 is 17.4 Å². The first-order valence-electron chi connectivity index (χ1n) is 7.08. The van der Waals surface area contributed by atoms with Crippen molar-refractivity contribution in [2.75, 3.05) is 36.0 Å². The van der Waals surface area contributed by atoms with Crippen molar-refractivity contribution in [2.45, 2.75) is 26.3 Å². The van der Waals surface area contributed by atoms with Crippen LogP contribution >= 0.6 is 11.8 Å². The summed E-state index contributed by atoms with van der Waals surface area (Å²) in [5.41, 5.74) is 1.88. The van der Waals surface area contributed by atoms with Crippen LogP contribution < -0.4 is 10.2 Å². The number of para-hydroxylation sites is 1. The summed E-state index contributed by atoms with van der Waals surface area (Å²) in [7, 11) is 0. The predicted octanol–water partition coefficient (Wildman–Crippen LogP) is 3.44. The number of anilines is 1. The van der Waals surface area contributed by atoms with Crippen molar-refractivity contribution in [3.05, 3.63) is 29.6 Å². The van der Waals surface area contributed by atoms with Crippen LogP contribution in [0.5, 0.6) is 0 Å². The molecule has 0 amide bonds. The van der Waals surface area contributed by atoms with Crippen LogP contribution in [0.4, 0.5) is 10.1 Å². The summed E-state index contributed by atoms with van der Waals surface area (Å²) in [5, 5.41) is 3.39. The molecule has 2 nitrogen and oxygen atoms in total. The summed E-state index contributed by atoms with van der Waals surface area (Å²) >= 11 is 1.96. The third kappa shape index (κ3) is 3.63. The van der Waals surface area contributed by atoms with Crippen LogP contribution in [0.2, 0.25) is 0 Å². The van der Waals surface area contributed by atoms with E-state index in [0.29, 0.717) is 0 Å². The molecule has 106 valence electrons. The van der Waals surface area contributed by atoms with E-state index < -0.39 is 0 Å². The minimum Gasteiger partial charge on any atom is -0.368 e. The summed E-state index contributed by atoms with van der Waals surface area (Å²) in [5.74, 6) is 2.18. The van der Waals surface area contributed by atoms with Gasteiger partial charge in [-0.1, -0.05) is 19.1 Å². The number of halogens is 1. The van der Waals surface area contributed by atoms with Crippen LogP contribution in [0.1, 0.15) is 31.9 Å². The van der Waals surface area contributed by atoms with Crippen LogP contribution in [-0.4, -0.2) is 31.1 Å². The number of nitrogens with one attached hydrogen (secondary N) is 1. The van der Waals surface area contributed by atoms with Crippen LogP contribution in [-0.2, 0) is 0 Å². The highest BCUT2D eigenvalue weighted by atomic mass is 32.2. The van der Waals surface area contributed by atoms with E-state index in [1.807, 2.05) is 23.9 Å². The molecular weight excluding hydrogens is 259 g/mol. The molecule has 1 aromatic carbocycles. The molecule has 0 aromatic heterocycles. The van der Waals surface area contributed by atoms with Gasteiger partial charge in [0, 0.05) is 24.9 Å². The zero-order chi connectivity index (χ0) is 13.7. The van der Waals surface area contributed by atoms with Gasteiger partial charge in [-0.15, -0.1) is 0 Å². The van der Waals surface area contributed by atoms with E-state index in [2.05, 4.69) is 24.1 Å². The number of benzene rings is 1. The highest BCUT2D eigenvalue weighted by molar-refractivity contribution is 7.99. The Morgan fingerprint density at radius 2 is 2.21 bits per heavy atom. The Morgan fingerprint density at radius 1 is 1.37 bits per heavy atom. The van der Waals surface area contributed by atoms with E-state index in [1.165, 1.54) is 5.75 Å². The first-order chi connectivity index (χ1) is 9.24. The Morgan fingerprint density at radius 3 is 3.00 bits per heavy atom. The number of hydrogen-bond acceptors (Lipinski definition) is 3. The van der Waals surface area contributed by atoms with Crippen molar-refractivity contribution in [3.8, 4) is 0 Å². The topological polar surface area (TPSA) is 15.3 Å². The van der Waals surface area contributed by atoms with Crippen LogP contribution in [0.15, 0.2) is 18.2 Å². The largest absolute Gasteiger partial charge is 0.368 e. The van der Waals surface area contributed by atoms with Gasteiger partial charge in [0.15, 0.2) is 0 Å². The molecule has 1 saturated heterocycles. The van der Waals surface area contributed by atoms with Crippen LogP contribution in [0, 0.1) is 5.82 Å². The first-order valence-corrected chi connectivity index (χ1v) is 8.24. The summed E-state index contributed by atoms with van der Waals surface area (Å²) in [6.45, 7) is 6.98. The molecule has 0 bridgehead atoms. The fourth-order valence-electron chi connectivity index (χ4n) is 2.60. The Labute approximate surface area is 119 Å². The van der Waals surface area contributed by atoms with Gasteiger partial charge < -0.3 is 10.2 Å². The van der Waals surface area contributed by atoms with Gasteiger partial charge in [-0.2, -0.15) is 11.8 Å². The molecule has 19 heavy (non-hydrogen) atoms. The van der Waals surface area contributed by atoms with Crippen molar-refractivity contribution in [1.29, 1.82) is 0 Å². The predicted molar refractivity (Wildman–Crippen MR) is 82.6 cm³/mol. The summed E-state index contributed by atoms with van der Waals surface area (Å²) in [6, 6.07) is 5.63. The fourth-order valence-corrected chi connectivity index (χ4v) is 3.49. The second kappa shape index (κ2) is 7.15. The first kappa shape index (κ1) is 14.7. The molecule has 0 aliphatic carbocycles. The van der Waals surface area contributed by atoms with Crippen LogP contribution in [0.25, 0.3) is 0 Å². The lowest BCUT2D eigenvalue weighted by atomic mass is 10.0. The normalized spacial score (nSPS) is 18.2. The van der Waals surface area contributed by atoms with Crippen molar-refractivity contribution in [3.63, 3.8) is 0 Å². The SMILES string of the molecule is CCNC(C)c1cccc(F)c1N1CCCSCC1. The molecule has 1 unspecified atom stereocenters. The molecule has 0 saturated carbocycles. The van der Waals surface area contributed by atoms with E-state index in [4.69, 9.17) is 0 Å². The molecule has 0 spiro atoms. The molecule has 1 aliphatic rings. The summed E-state index contributed by atoms with van der Waals surface area (Å²) in [4.78, 5) is 2.22. The molecule has 1 aliphatic heterocycles. The van der Waals surface area contributed by atoms with E-state index in [1.54, 1.807) is 6.07 Å². The molecule has 1 fully saturated rings. The smallest absolute Gasteiger partial charge is 0.146 e. The van der Waals surface area contributed by atoms with E-state index in [0.717, 1.165) is 43.1 Å². The highest BCUT2D eigenvalue weighted by Gasteiger charge is 2.20. The van der Waals surface area contributed by atoms with Gasteiger partial charge in [-0.3, -0.25) is 0 Å². The molecule has 0 radical (unpaired) electrons. The van der Waals surface area contributed by atoms with Crippen LogP contribution in [0.3, 0.4) is 0 Å². The van der Waals surface area contributed by atoms with Crippen molar-refractivity contribution in [2.24, 2.45) is 0 Å². The third-order valence-corrected chi connectivity index (χ3v) is 4.58. The maximum absolute atomic E-state index is 14.3.